The quantitative estimate of drug-likeness (QED) is 0.500. The maximum Gasteiger partial charge on any atom is 0.00449 e. The highest BCUT2D eigenvalue weighted by atomic mass is 14.6. The van der Waals surface area contributed by atoms with Crippen molar-refractivity contribution in [2.45, 2.75) is 31.7 Å². The Morgan fingerprint density at radius 3 is 2.60 bits per heavy atom. The van der Waals surface area contributed by atoms with Gasteiger partial charge in [-0.05, 0) is 31.8 Å². The second-order valence-corrected chi connectivity index (χ2v) is 2.81. The zero-order valence-electron chi connectivity index (χ0n) is 6.14. The van der Waals surface area contributed by atoms with E-state index in [9.17, 15) is 0 Å². The molecule has 0 amide bonds. The van der Waals surface area contributed by atoms with E-state index in [-0.39, 0.29) is 0 Å². The summed E-state index contributed by atoms with van der Waals surface area (Å²) in [6, 6.07) is 0.412. The van der Waals surface area contributed by atoms with Crippen molar-refractivity contribution in [1.29, 1.82) is 0 Å². The van der Waals surface area contributed by atoms with E-state index in [4.69, 9.17) is 12.2 Å². The maximum atomic E-state index is 5.71. The Kier molecular flexibility index (Phi) is 2.53. The zero-order valence-corrected chi connectivity index (χ0v) is 6.14. The van der Waals surface area contributed by atoms with E-state index in [2.05, 4.69) is 5.92 Å². The van der Waals surface area contributed by atoms with Crippen LogP contribution in [0.15, 0.2) is 11.6 Å². The van der Waals surface area contributed by atoms with Crippen molar-refractivity contribution in [2.24, 2.45) is 5.73 Å². The van der Waals surface area contributed by atoms with Crippen LogP contribution in [0.2, 0.25) is 0 Å². The van der Waals surface area contributed by atoms with E-state index in [1.54, 1.807) is 0 Å². The predicted molar refractivity (Wildman–Crippen MR) is 43.4 cm³/mol. The van der Waals surface area contributed by atoms with Crippen molar-refractivity contribution in [1.82, 2.24) is 0 Å². The van der Waals surface area contributed by atoms with Crippen LogP contribution in [0, 0.1) is 12.3 Å². The minimum Gasteiger partial charge on any atom is -0.328 e. The largest absolute Gasteiger partial charge is 0.328 e. The molecule has 0 spiro atoms. The van der Waals surface area contributed by atoms with Crippen LogP contribution in [0.4, 0.5) is 0 Å². The topological polar surface area (TPSA) is 26.0 Å². The summed E-state index contributed by atoms with van der Waals surface area (Å²) in [6.45, 7) is 0. The molecule has 1 heteroatoms. The number of hydrogen-bond acceptors (Lipinski definition) is 1. The van der Waals surface area contributed by atoms with Gasteiger partial charge in [0.15, 0.2) is 0 Å². The van der Waals surface area contributed by atoms with Crippen molar-refractivity contribution >= 4 is 0 Å². The Morgan fingerprint density at radius 2 is 2.10 bits per heavy atom. The Labute approximate surface area is 62.3 Å². The minimum absolute atomic E-state index is 0.412. The number of rotatable bonds is 0. The molecule has 0 aromatic carbocycles. The first-order valence-corrected chi connectivity index (χ1v) is 3.72. The lowest BCUT2D eigenvalue weighted by molar-refractivity contribution is 0.512. The molecule has 54 valence electrons. The molecule has 0 atom stereocenters. The fourth-order valence-electron chi connectivity index (χ4n) is 1.27. The average molecular weight is 135 g/mol. The molecule has 0 unspecified atom stereocenters. The molecule has 0 aliphatic heterocycles. The van der Waals surface area contributed by atoms with Crippen molar-refractivity contribution in [3.8, 4) is 12.3 Å². The molecule has 2 N–H and O–H groups in total. The molecule has 1 aliphatic rings. The minimum atomic E-state index is 0.412. The van der Waals surface area contributed by atoms with Crippen LogP contribution in [-0.2, 0) is 0 Å². The van der Waals surface area contributed by atoms with Crippen LogP contribution in [0.1, 0.15) is 25.7 Å². The van der Waals surface area contributed by atoms with Crippen molar-refractivity contribution in [2.75, 3.05) is 0 Å². The average Bonchev–Trinajstić information content (AvgIpc) is 1.95. The number of allylic oxidation sites excluding steroid dienone is 2. The summed E-state index contributed by atoms with van der Waals surface area (Å²) in [5, 5.41) is 0. The van der Waals surface area contributed by atoms with Crippen LogP contribution in [-0.4, -0.2) is 6.04 Å². The van der Waals surface area contributed by atoms with Gasteiger partial charge in [-0.3, -0.25) is 0 Å². The van der Waals surface area contributed by atoms with Crippen molar-refractivity contribution in [3.05, 3.63) is 11.6 Å². The van der Waals surface area contributed by atoms with Gasteiger partial charge in [0.2, 0.25) is 0 Å². The number of hydrogen-bond donors (Lipinski definition) is 1. The summed E-state index contributed by atoms with van der Waals surface area (Å²) in [7, 11) is 0. The Bertz CT molecular complexity index is 164. The second-order valence-electron chi connectivity index (χ2n) is 2.81. The molecule has 1 aliphatic carbocycles. The molecule has 1 nitrogen and oxygen atoms in total. The van der Waals surface area contributed by atoms with Gasteiger partial charge in [-0.1, -0.05) is 11.5 Å². The number of nitrogens with two attached hydrogens (primary N) is 1. The molecule has 1 fully saturated rings. The second kappa shape index (κ2) is 3.43. The first-order valence-electron chi connectivity index (χ1n) is 3.72. The molecule has 0 saturated heterocycles. The molecule has 1 saturated carbocycles. The molecule has 0 radical (unpaired) electrons. The summed E-state index contributed by atoms with van der Waals surface area (Å²) < 4.78 is 0. The molecule has 1 rings (SSSR count). The fraction of sp³-hybridized carbons (Fsp3) is 0.556. The fourth-order valence-corrected chi connectivity index (χ4v) is 1.27. The van der Waals surface area contributed by atoms with Crippen LogP contribution in [0.3, 0.4) is 0 Å². The van der Waals surface area contributed by atoms with E-state index in [0.717, 1.165) is 25.7 Å². The van der Waals surface area contributed by atoms with Crippen LogP contribution in [0.25, 0.3) is 0 Å². The Balaban J connectivity index is 2.42. The highest BCUT2D eigenvalue weighted by Gasteiger charge is 2.11. The lowest BCUT2D eigenvalue weighted by Crippen LogP contribution is -2.23. The standard InChI is InChI=1S/C9H13N/c1-2-3-8-4-6-9(10)7-5-8/h1,3,9H,4-7,10H2. The van der Waals surface area contributed by atoms with E-state index in [1.165, 1.54) is 5.57 Å². The molecule has 0 aromatic rings. The first kappa shape index (κ1) is 7.37. The summed E-state index contributed by atoms with van der Waals surface area (Å²) >= 11 is 0. The van der Waals surface area contributed by atoms with Gasteiger partial charge >= 0.3 is 0 Å². The van der Waals surface area contributed by atoms with Crippen molar-refractivity contribution < 1.29 is 0 Å². The van der Waals surface area contributed by atoms with E-state index >= 15 is 0 Å². The van der Waals surface area contributed by atoms with E-state index < -0.39 is 0 Å². The van der Waals surface area contributed by atoms with Gasteiger partial charge in [0.05, 0.1) is 0 Å². The van der Waals surface area contributed by atoms with Crippen molar-refractivity contribution in [3.63, 3.8) is 0 Å². The summed E-state index contributed by atoms with van der Waals surface area (Å²) in [4.78, 5) is 0. The van der Waals surface area contributed by atoms with Crippen LogP contribution >= 0.6 is 0 Å². The molecular weight excluding hydrogens is 122 g/mol. The third-order valence-electron chi connectivity index (χ3n) is 1.96. The third-order valence-corrected chi connectivity index (χ3v) is 1.96. The lowest BCUT2D eigenvalue weighted by atomic mass is 9.91. The van der Waals surface area contributed by atoms with Gasteiger partial charge in [0.1, 0.15) is 0 Å². The van der Waals surface area contributed by atoms with Gasteiger partial charge < -0.3 is 5.73 Å². The molecule has 0 aromatic heterocycles. The van der Waals surface area contributed by atoms with Gasteiger partial charge in [-0.25, -0.2) is 0 Å². The Hall–Kier alpha value is -0.740. The molecule has 10 heavy (non-hydrogen) atoms. The number of terminal acetylenes is 1. The van der Waals surface area contributed by atoms with Crippen LogP contribution in [0.5, 0.6) is 0 Å². The monoisotopic (exact) mass is 135 g/mol. The van der Waals surface area contributed by atoms with Crippen LogP contribution < -0.4 is 5.73 Å². The van der Waals surface area contributed by atoms with Gasteiger partial charge in [-0.2, -0.15) is 0 Å². The summed E-state index contributed by atoms with van der Waals surface area (Å²) in [5.41, 5.74) is 7.11. The molecular formula is C9H13N. The molecule has 0 heterocycles. The summed E-state index contributed by atoms with van der Waals surface area (Å²) in [6.07, 6.45) is 11.4. The highest BCUT2D eigenvalue weighted by Crippen LogP contribution is 2.21. The lowest BCUT2D eigenvalue weighted by Gasteiger charge is -2.19. The van der Waals surface area contributed by atoms with Gasteiger partial charge in [0, 0.05) is 6.04 Å². The maximum absolute atomic E-state index is 5.71. The smallest absolute Gasteiger partial charge is 0.00449 e. The van der Waals surface area contributed by atoms with Gasteiger partial charge in [-0.15, -0.1) is 6.42 Å². The Morgan fingerprint density at radius 1 is 1.50 bits per heavy atom. The normalized spacial score (nSPS) is 25.6. The zero-order chi connectivity index (χ0) is 7.40. The highest BCUT2D eigenvalue weighted by molar-refractivity contribution is 5.18. The molecule has 0 bridgehead atoms. The third kappa shape index (κ3) is 1.89. The SMILES string of the molecule is C#CC=C1CCC(N)CC1. The first-order chi connectivity index (χ1) is 4.83. The van der Waals surface area contributed by atoms with E-state index in [0.29, 0.717) is 6.04 Å². The van der Waals surface area contributed by atoms with Gasteiger partial charge in [0.25, 0.3) is 0 Å². The van der Waals surface area contributed by atoms with E-state index in [1.807, 2.05) is 6.08 Å². The summed E-state index contributed by atoms with van der Waals surface area (Å²) in [5.74, 6) is 2.55. The predicted octanol–water partition coefficient (Wildman–Crippen LogP) is 1.45.